The van der Waals surface area contributed by atoms with Crippen molar-refractivity contribution in [2.24, 2.45) is 0 Å². The van der Waals surface area contributed by atoms with E-state index in [0.717, 1.165) is 6.07 Å². The highest BCUT2D eigenvalue weighted by molar-refractivity contribution is 5.92. The van der Waals surface area contributed by atoms with Gasteiger partial charge in [-0.25, -0.2) is 9.18 Å². The minimum Gasteiger partial charge on any atom is -0.486 e. The Morgan fingerprint density at radius 1 is 1.61 bits per heavy atom. The molecule has 0 amide bonds. The number of nitriles is 1. The van der Waals surface area contributed by atoms with Crippen molar-refractivity contribution in [3.05, 3.63) is 28.6 Å². The highest BCUT2D eigenvalue weighted by atomic mass is 19.1. The summed E-state index contributed by atoms with van der Waals surface area (Å²) in [5.74, 6) is -1.24. The van der Waals surface area contributed by atoms with Gasteiger partial charge in [0.25, 0.3) is 0 Å². The van der Waals surface area contributed by atoms with E-state index in [1.807, 2.05) is 13.8 Å². The number of ether oxygens (including phenoxy) is 2. The van der Waals surface area contributed by atoms with Crippen molar-refractivity contribution in [1.29, 1.82) is 5.26 Å². The number of hydrogen-bond donors (Lipinski definition) is 0. The molecule has 0 fully saturated rings. The number of methoxy groups -OCH3 is 1. The van der Waals surface area contributed by atoms with Gasteiger partial charge in [-0.1, -0.05) is 0 Å². The number of benzene rings is 1. The molecule has 0 saturated heterocycles. The van der Waals surface area contributed by atoms with Crippen LogP contribution in [0.3, 0.4) is 0 Å². The van der Waals surface area contributed by atoms with Crippen molar-refractivity contribution >= 4 is 5.97 Å². The van der Waals surface area contributed by atoms with E-state index in [-0.39, 0.29) is 16.9 Å². The first kappa shape index (κ1) is 12.4. The van der Waals surface area contributed by atoms with Gasteiger partial charge in [0.05, 0.1) is 12.7 Å². The minimum absolute atomic E-state index is 0.120. The van der Waals surface area contributed by atoms with Crippen molar-refractivity contribution in [3.8, 4) is 11.8 Å². The van der Waals surface area contributed by atoms with Gasteiger partial charge in [-0.2, -0.15) is 5.26 Å². The van der Waals surface area contributed by atoms with Gasteiger partial charge in [-0.05, 0) is 19.9 Å². The standard InChI is InChI=1S/C13H12FNO3/c1-13(2)5-8-7(12(16)17-3)4-10(14)9(6-15)11(8)18-13/h4H,5H2,1-3H3. The second-order valence-electron chi connectivity index (χ2n) is 4.73. The highest BCUT2D eigenvalue weighted by Crippen LogP contribution is 2.40. The van der Waals surface area contributed by atoms with E-state index in [1.54, 1.807) is 6.07 Å². The molecule has 0 unspecified atom stereocenters. The Labute approximate surface area is 104 Å². The second-order valence-corrected chi connectivity index (χ2v) is 4.73. The maximum absolute atomic E-state index is 13.7. The van der Waals surface area contributed by atoms with Gasteiger partial charge in [-0.15, -0.1) is 0 Å². The molecular weight excluding hydrogens is 237 g/mol. The number of esters is 1. The van der Waals surface area contributed by atoms with Crippen LogP contribution in [-0.4, -0.2) is 18.7 Å². The highest BCUT2D eigenvalue weighted by Gasteiger charge is 2.37. The van der Waals surface area contributed by atoms with E-state index in [9.17, 15) is 9.18 Å². The van der Waals surface area contributed by atoms with Crippen LogP contribution in [0.25, 0.3) is 0 Å². The summed E-state index contributed by atoms with van der Waals surface area (Å²) in [6.07, 6.45) is 0.432. The largest absolute Gasteiger partial charge is 0.486 e. The fourth-order valence-electron chi connectivity index (χ4n) is 2.09. The molecule has 1 heterocycles. The molecule has 1 aliphatic heterocycles. The fourth-order valence-corrected chi connectivity index (χ4v) is 2.09. The van der Waals surface area contributed by atoms with Crippen LogP contribution >= 0.6 is 0 Å². The van der Waals surface area contributed by atoms with Crippen LogP contribution in [0.1, 0.15) is 35.3 Å². The van der Waals surface area contributed by atoms with Crippen LogP contribution in [0.4, 0.5) is 4.39 Å². The molecule has 0 aromatic heterocycles. The molecule has 0 radical (unpaired) electrons. The monoisotopic (exact) mass is 249 g/mol. The van der Waals surface area contributed by atoms with E-state index < -0.39 is 17.4 Å². The average molecular weight is 249 g/mol. The molecule has 4 nitrogen and oxygen atoms in total. The fraction of sp³-hybridized carbons (Fsp3) is 0.385. The zero-order chi connectivity index (χ0) is 13.5. The Kier molecular flexibility index (Phi) is 2.74. The summed E-state index contributed by atoms with van der Waals surface area (Å²) in [6.45, 7) is 3.63. The van der Waals surface area contributed by atoms with Crippen LogP contribution in [0.15, 0.2) is 6.07 Å². The minimum atomic E-state index is -0.769. The molecule has 1 aromatic carbocycles. The molecule has 94 valence electrons. The first-order chi connectivity index (χ1) is 8.39. The van der Waals surface area contributed by atoms with E-state index in [2.05, 4.69) is 4.74 Å². The maximum Gasteiger partial charge on any atom is 0.338 e. The van der Waals surface area contributed by atoms with Gasteiger partial charge in [0.2, 0.25) is 0 Å². The summed E-state index contributed by atoms with van der Waals surface area (Å²) < 4.78 is 23.9. The average Bonchev–Trinajstić information content (AvgIpc) is 2.62. The topological polar surface area (TPSA) is 59.3 Å². The maximum atomic E-state index is 13.7. The van der Waals surface area contributed by atoms with Crippen molar-refractivity contribution in [1.82, 2.24) is 0 Å². The molecular formula is C13H12FNO3. The van der Waals surface area contributed by atoms with E-state index in [0.29, 0.717) is 12.0 Å². The van der Waals surface area contributed by atoms with Gasteiger partial charge in [0.15, 0.2) is 0 Å². The Balaban J connectivity index is 2.69. The quantitative estimate of drug-likeness (QED) is 0.716. The first-order valence-corrected chi connectivity index (χ1v) is 5.42. The zero-order valence-corrected chi connectivity index (χ0v) is 10.3. The SMILES string of the molecule is COC(=O)c1cc(F)c(C#N)c2c1CC(C)(C)O2. The van der Waals surface area contributed by atoms with Crippen molar-refractivity contribution < 1.29 is 18.7 Å². The molecule has 1 aliphatic rings. The lowest BCUT2D eigenvalue weighted by Gasteiger charge is -2.17. The predicted molar refractivity (Wildman–Crippen MR) is 60.9 cm³/mol. The third kappa shape index (κ3) is 1.80. The summed E-state index contributed by atoms with van der Waals surface area (Å²) in [5.41, 5.74) is -0.0765. The van der Waals surface area contributed by atoms with Crippen LogP contribution in [-0.2, 0) is 11.2 Å². The predicted octanol–water partition coefficient (Wildman–Crippen LogP) is 2.20. The smallest absolute Gasteiger partial charge is 0.338 e. The van der Waals surface area contributed by atoms with E-state index >= 15 is 0 Å². The van der Waals surface area contributed by atoms with Crippen molar-refractivity contribution in [2.75, 3.05) is 7.11 Å². The number of carbonyl (C=O) groups is 1. The number of nitrogens with zero attached hydrogens (tertiary/aromatic N) is 1. The molecule has 0 bridgehead atoms. The number of halogens is 1. The lowest BCUT2D eigenvalue weighted by Crippen LogP contribution is -2.25. The molecule has 0 aliphatic carbocycles. The molecule has 2 rings (SSSR count). The van der Waals surface area contributed by atoms with Gasteiger partial charge < -0.3 is 9.47 Å². The lowest BCUT2D eigenvalue weighted by molar-refractivity contribution is 0.0599. The third-order valence-electron chi connectivity index (χ3n) is 2.83. The van der Waals surface area contributed by atoms with Gasteiger partial charge in [-0.3, -0.25) is 0 Å². The summed E-state index contributed by atoms with van der Waals surface area (Å²) in [7, 11) is 1.23. The van der Waals surface area contributed by atoms with Crippen molar-refractivity contribution in [2.45, 2.75) is 25.9 Å². The summed E-state index contributed by atoms with van der Waals surface area (Å²) in [4.78, 5) is 11.6. The van der Waals surface area contributed by atoms with E-state index in [4.69, 9.17) is 10.00 Å². The number of carbonyl (C=O) groups excluding carboxylic acids is 1. The first-order valence-electron chi connectivity index (χ1n) is 5.42. The number of rotatable bonds is 1. The zero-order valence-electron chi connectivity index (χ0n) is 10.3. The normalized spacial score (nSPS) is 15.5. The molecule has 18 heavy (non-hydrogen) atoms. The molecule has 5 heteroatoms. The number of hydrogen-bond acceptors (Lipinski definition) is 4. The molecule has 0 atom stereocenters. The molecule has 0 spiro atoms. The molecule has 0 N–H and O–H groups in total. The Hall–Kier alpha value is -2.09. The van der Waals surface area contributed by atoms with Crippen molar-refractivity contribution in [3.63, 3.8) is 0 Å². The summed E-state index contributed by atoms with van der Waals surface area (Å²) >= 11 is 0. The van der Waals surface area contributed by atoms with Crippen LogP contribution in [0.2, 0.25) is 0 Å². The molecule has 1 aromatic rings. The third-order valence-corrected chi connectivity index (χ3v) is 2.83. The van der Waals surface area contributed by atoms with E-state index in [1.165, 1.54) is 7.11 Å². The second kappa shape index (κ2) is 3.98. The lowest BCUT2D eigenvalue weighted by atomic mass is 9.95. The summed E-state index contributed by atoms with van der Waals surface area (Å²) in [5, 5.41) is 8.95. The molecule has 0 saturated carbocycles. The van der Waals surface area contributed by atoms with Gasteiger partial charge in [0.1, 0.15) is 28.8 Å². The summed E-state index contributed by atoms with van der Waals surface area (Å²) in [6, 6.07) is 2.80. The van der Waals surface area contributed by atoms with Crippen LogP contribution in [0, 0.1) is 17.1 Å². The van der Waals surface area contributed by atoms with Crippen LogP contribution in [0.5, 0.6) is 5.75 Å². The van der Waals surface area contributed by atoms with Crippen LogP contribution < -0.4 is 4.74 Å². The Morgan fingerprint density at radius 2 is 2.28 bits per heavy atom. The Bertz CT molecular complexity index is 573. The van der Waals surface area contributed by atoms with Gasteiger partial charge >= 0.3 is 5.97 Å². The number of fused-ring (bicyclic) bond motifs is 1. The Morgan fingerprint density at radius 3 is 2.83 bits per heavy atom. The van der Waals surface area contributed by atoms with Gasteiger partial charge in [0, 0.05) is 12.0 Å².